The molecule has 1 aromatic carbocycles. The molecule has 0 spiro atoms. The monoisotopic (exact) mass is 354 g/mol. The molecule has 0 saturated carbocycles. The van der Waals surface area contributed by atoms with Gasteiger partial charge in [-0.3, -0.25) is 4.90 Å². The number of aliphatic hydroxyl groups is 1. The summed E-state index contributed by atoms with van der Waals surface area (Å²) < 4.78 is 11.0. The average molecular weight is 354 g/mol. The van der Waals surface area contributed by atoms with Gasteiger partial charge in [-0.25, -0.2) is 4.98 Å². The first-order chi connectivity index (χ1) is 12.6. The lowest BCUT2D eigenvalue weighted by molar-refractivity contribution is -0.149. The van der Waals surface area contributed by atoms with Gasteiger partial charge in [-0.2, -0.15) is 0 Å². The first-order valence-corrected chi connectivity index (χ1v) is 9.21. The van der Waals surface area contributed by atoms with E-state index in [0.29, 0.717) is 31.9 Å². The van der Waals surface area contributed by atoms with Crippen LogP contribution < -0.4 is 4.74 Å². The molecule has 2 atom stereocenters. The molecule has 2 aromatic rings. The van der Waals surface area contributed by atoms with E-state index in [2.05, 4.69) is 34.1 Å². The third kappa shape index (κ3) is 3.22. The Morgan fingerprint density at radius 3 is 2.46 bits per heavy atom. The van der Waals surface area contributed by atoms with Crippen molar-refractivity contribution in [2.24, 2.45) is 0 Å². The van der Waals surface area contributed by atoms with Gasteiger partial charge in [0, 0.05) is 36.0 Å². The zero-order valence-electron chi connectivity index (χ0n) is 15.4. The number of rotatable bonds is 4. The standard InChI is InChI=1S/C21H26N2O3/c1-15-19(8-9-20(22-15)25-2)21(24)10-17-13-26-14-18(11-21)23(17)12-16-6-4-3-5-7-16/h3-9,17-18,24H,10-14H2,1-2H3. The number of hydrogen-bond donors (Lipinski definition) is 1. The molecule has 1 aromatic heterocycles. The van der Waals surface area contributed by atoms with E-state index in [0.717, 1.165) is 17.8 Å². The van der Waals surface area contributed by atoms with Gasteiger partial charge in [0.1, 0.15) is 0 Å². The van der Waals surface area contributed by atoms with Crippen molar-refractivity contribution in [3.05, 3.63) is 59.3 Å². The van der Waals surface area contributed by atoms with Gasteiger partial charge in [-0.1, -0.05) is 30.3 Å². The van der Waals surface area contributed by atoms with Crippen molar-refractivity contribution < 1.29 is 14.6 Å². The predicted molar refractivity (Wildman–Crippen MR) is 99.0 cm³/mol. The highest BCUT2D eigenvalue weighted by atomic mass is 16.5. The van der Waals surface area contributed by atoms with Gasteiger partial charge >= 0.3 is 0 Å². The zero-order chi connectivity index (χ0) is 18.1. The second-order valence-corrected chi connectivity index (χ2v) is 7.43. The first-order valence-electron chi connectivity index (χ1n) is 9.21. The molecule has 3 heterocycles. The molecule has 26 heavy (non-hydrogen) atoms. The lowest BCUT2D eigenvalue weighted by atomic mass is 9.76. The Morgan fingerprint density at radius 2 is 1.85 bits per heavy atom. The van der Waals surface area contributed by atoms with Crippen molar-refractivity contribution in [2.45, 2.75) is 44.0 Å². The van der Waals surface area contributed by atoms with Gasteiger partial charge in [0.15, 0.2) is 0 Å². The van der Waals surface area contributed by atoms with Gasteiger partial charge in [-0.15, -0.1) is 0 Å². The molecule has 2 aliphatic heterocycles. The minimum atomic E-state index is -0.865. The third-order valence-electron chi connectivity index (χ3n) is 5.68. The number of morpholine rings is 1. The van der Waals surface area contributed by atoms with Crippen molar-refractivity contribution in [3.8, 4) is 5.88 Å². The molecular weight excluding hydrogens is 328 g/mol. The maximum absolute atomic E-state index is 11.5. The number of pyridine rings is 1. The fourth-order valence-corrected chi connectivity index (χ4v) is 4.46. The maximum atomic E-state index is 11.5. The quantitative estimate of drug-likeness (QED) is 0.915. The van der Waals surface area contributed by atoms with Gasteiger partial charge in [-0.05, 0) is 31.4 Å². The molecule has 2 bridgehead atoms. The molecule has 4 rings (SSSR count). The summed E-state index contributed by atoms with van der Waals surface area (Å²) in [4.78, 5) is 6.97. The number of fused-ring (bicyclic) bond motifs is 2. The predicted octanol–water partition coefficient (Wildman–Crippen LogP) is 2.65. The molecule has 5 nitrogen and oxygen atoms in total. The Hall–Kier alpha value is -1.95. The Labute approximate surface area is 154 Å². The van der Waals surface area contributed by atoms with E-state index in [1.807, 2.05) is 25.1 Å². The van der Waals surface area contributed by atoms with Crippen molar-refractivity contribution in [1.29, 1.82) is 0 Å². The summed E-state index contributed by atoms with van der Waals surface area (Å²) in [6.07, 6.45) is 1.32. The topological polar surface area (TPSA) is 54.8 Å². The van der Waals surface area contributed by atoms with Crippen molar-refractivity contribution >= 4 is 0 Å². The fraction of sp³-hybridized carbons (Fsp3) is 0.476. The highest BCUT2D eigenvalue weighted by Crippen LogP contribution is 2.42. The van der Waals surface area contributed by atoms with Crippen LogP contribution in [-0.2, 0) is 16.9 Å². The van der Waals surface area contributed by atoms with E-state index in [4.69, 9.17) is 9.47 Å². The molecule has 2 unspecified atom stereocenters. The first kappa shape index (κ1) is 17.5. The van der Waals surface area contributed by atoms with Crippen LogP contribution in [0, 0.1) is 6.92 Å². The van der Waals surface area contributed by atoms with Crippen LogP contribution >= 0.6 is 0 Å². The Kier molecular flexibility index (Phi) is 4.69. The van der Waals surface area contributed by atoms with Crippen LogP contribution in [0.3, 0.4) is 0 Å². The summed E-state index contributed by atoms with van der Waals surface area (Å²) >= 11 is 0. The molecule has 5 heteroatoms. The van der Waals surface area contributed by atoms with Crippen molar-refractivity contribution in [3.63, 3.8) is 0 Å². The lowest BCUT2D eigenvalue weighted by Crippen LogP contribution is -2.60. The van der Waals surface area contributed by atoms with Crippen LogP contribution in [0.2, 0.25) is 0 Å². The number of hydrogen-bond acceptors (Lipinski definition) is 5. The summed E-state index contributed by atoms with van der Waals surface area (Å²) in [7, 11) is 1.61. The van der Waals surface area contributed by atoms with Crippen LogP contribution in [0.5, 0.6) is 5.88 Å². The Balaban J connectivity index is 1.59. The number of methoxy groups -OCH3 is 1. The van der Waals surface area contributed by atoms with Crippen LogP contribution in [0.15, 0.2) is 42.5 Å². The molecule has 2 aliphatic rings. The third-order valence-corrected chi connectivity index (χ3v) is 5.68. The minimum absolute atomic E-state index is 0.203. The lowest BCUT2D eigenvalue weighted by Gasteiger charge is -2.52. The maximum Gasteiger partial charge on any atom is 0.213 e. The van der Waals surface area contributed by atoms with E-state index in [1.165, 1.54) is 5.56 Å². The summed E-state index contributed by atoms with van der Waals surface area (Å²) in [5, 5.41) is 11.5. The van der Waals surface area contributed by atoms with Crippen LogP contribution in [0.1, 0.15) is 29.7 Å². The van der Waals surface area contributed by atoms with Gasteiger partial charge in [0.05, 0.1) is 25.9 Å². The minimum Gasteiger partial charge on any atom is -0.481 e. The number of aryl methyl sites for hydroxylation is 1. The molecular formula is C21H26N2O3. The molecule has 138 valence electrons. The molecule has 0 radical (unpaired) electrons. The second-order valence-electron chi connectivity index (χ2n) is 7.43. The molecule has 1 N–H and O–H groups in total. The van der Waals surface area contributed by atoms with E-state index in [1.54, 1.807) is 7.11 Å². The molecule has 2 saturated heterocycles. The van der Waals surface area contributed by atoms with Gasteiger partial charge in [0.2, 0.25) is 5.88 Å². The summed E-state index contributed by atoms with van der Waals surface area (Å²) in [6, 6.07) is 14.7. The smallest absolute Gasteiger partial charge is 0.213 e. The average Bonchev–Trinajstić information content (AvgIpc) is 2.63. The van der Waals surface area contributed by atoms with E-state index in [-0.39, 0.29) is 12.1 Å². The van der Waals surface area contributed by atoms with E-state index >= 15 is 0 Å². The summed E-state index contributed by atoms with van der Waals surface area (Å²) in [6.45, 7) is 4.16. The number of aromatic nitrogens is 1. The number of benzene rings is 1. The van der Waals surface area contributed by atoms with Crippen LogP contribution in [0.25, 0.3) is 0 Å². The number of piperidine rings is 1. The highest BCUT2D eigenvalue weighted by Gasteiger charge is 2.47. The number of ether oxygens (including phenoxy) is 2. The highest BCUT2D eigenvalue weighted by molar-refractivity contribution is 5.32. The van der Waals surface area contributed by atoms with Crippen LogP contribution in [0.4, 0.5) is 0 Å². The zero-order valence-corrected chi connectivity index (χ0v) is 15.4. The summed E-state index contributed by atoms with van der Waals surface area (Å²) in [5.41, 5.74) is 2.18. The largest absolute Gasteiger partial charge is 0.481 e. The fourth-order valence-electron chi connectivity index (χ4n) is 4.46. The van der Waals surface area contributed by atoms with Gasteiger partial charge in [0.25, 0.3) is 0 Å². The molecule has 0 amide bonds. The second kappa shape index (κ2) is 6.99. The van der Waals surface area contributed by atoms with Gasteiger partial charge < -0.3 is 14.6 Å². The SMILES string of the molecule is COc1ccc(C2(O)CC3COCC(C2)N3Cc2ccccc2)c(C)n1. The Morgan fingerprint density at radius 1 is 1.15 bits per heavy atom. The molecule has 0 aliphatic carbocycles. The molecule has 2 fully saturated rings. The van der Waals surface area contributed by atoms with E-state index < -0.39 is 5.60 Å². The van der Waals surface area contributed by atoms with E-state index in [9.17, 15) is 5.11 Å². The summed E-state index contributed by atoms with van der Waals surface area (Å²) in [5.74, 6) is 0.583. The van der Waals surface area contributed by atoms with Crippen molar-refractivity contribution in [2.75, 3.05) is 20.3 Å². The van der Waals surface area contributed by atoms with Crippen molar-refractivity contribution in [1.82, 2.24) is 9.88 Å². The Bertz CT molecular complexity index is 751. The normalized spacial score (nSPS) is 28.7. The number of nitrogens with zero attached hydrogens (tertiary/aromatic N) is 2. The van der Waals surface area contributed by atoms with Crippen LogP contribution in [-0.4, -0.2) is 47.4 Å².